The van der Waals surface area contributed by atoms with Crippen LogP contribution in [0.25, 0.3) is 0 Å². The van der Waals surface area contributed by atoms with Crippen LogP contribution in [0.4, 0.5) is 0 Å². The van der Waals surface area contributed by atoms with Crippen molar-refractivity contribution in [1.29, 1.82) is 0 Å². The van der Waals surface area contributed by atoms with Gasteiger partial charge in [-0.15, -0.1) is 0 Å². The van der Waals surface area contributed by atoms with Crippen LogP contribution in [0.1, 0.15) is 20.8 Å². The topological polar surface area (TPSA) is 38.3 Å². The molecule has 1 unspecified atom stereocenters. The van der Waals surface area contributed by atoms with E-state index in [-0.39, 0.29) is 12.1 Å². The van der Waals surface area contributed by atoms with Gasteiger partial charge in [-0.3, -0.25) is 4.79 Å². The van der Waals surface area contributed by atoms with E-state index in [1.165, 1.54) is 6.92 Å². The van der Waals surface area contributed by atoms with E-state index in [1.54, 1.807) is 6.92 Å². The lowest BCUT2D eigenvalue weighted by Crippen LogP contribution is -2.32. The van der Waals surface area contributed by atoms with Gasteiger partial charge >= 0.3 is 0 Å². The molecule has 9 heavy (non-hydrogen) atoms. The molecule has 3 heteroatoms. The predicted octanol–water partition coefficient (Wildman–Crippen LogP) is 0.505. The maximum atomic E-state index is 10.3. The smallest absolute Gasteiger partial charge is 0.218 e. The highest BCUT2D eigenvalue weighted by Crippen LogP contribution is 1.82. The average Bonchev–Trinajstić information content (AvgIpc) is 1.63. The van der Waals surface area contributed by atoms with Crippen molar-refractivity contribution >= 4 is 5.91 Å². The molecule has 0 fully saturated rings. The first-order valence-corrected chi connectivity index (χ1v) is 3.05. The molecule has 0 aliphatic carbocycles. The summed E-state index contributed by atoms with van der Waals surface area (Å²) in [6, 6.07) is 0. The van der Waals surface area contributed by atoms with Crippen molar-refractivity contribution in [2.45, 2.75) is 27.0 Å². The number of hydrogen-bond acceptors (Lipinski definition) is 2. The molecule has 0 aromatic heterocycles. The first-order chi connectivity index (χ1) is 4.16. The highest BCUT2D eigenvalue weighted by Gasteiger charge is 1.98. The van der Waals surface area contributed by atoms with Crippen LogP contribution in [0.2, 0.25) is 0 Å². The Balaban J connectivity index is 3.26. The molecule has 54 valence electrons. The fourth-order valence-electron chi connectivity index (χ4n) is 0.578. The van der Waals surface area contributed by atoms with E-state index < -0.39 is 0 Å². The van der Waals surface area contributed by atoms with Gasteiger partial charge in [-0.05, 0) is 13.8 Å². The Kier molecular flexibility index (Phi) is 4.05. The second kappa shape index (κ2) is 4.32. The monoisotopic (exact) mass is 131 g/mol. The molecular weight excluding hydrogens is 118 g/mol. The normalized spacial score (nSPS) is 12.8. The van der Waals surface area contributed by atoms with Gasteiger partial charge in [0, 0.05) is 13.5 Å². The van der Waals surface area contributed by atoms with Gasteiger partial charge in [-0.1, -0.05) is 0 Å². The number of rotatable bonds is 3. The van der Waals surface area contributed by atoms with Gasteiger partial charge in [0.15, 0.2) is 0 Å². The van der Waals surface area contributed by atoms with Crippen LogP contribution >= 0.6 is 0 Å². The molecule has 3 nitrogen and oxygen atoms in total. The molecule has 1 amide bonds. The molecule has 0 aliphatic rings. The lowest BCUT2D eigenvalue weighted by Gasteiger charge is -2.10. The minimum atomic E-state index is -0.160. The highest BCUT2D eigenvalue weighted by molar-refractivity contribution is 5.72. The molecule has 0 aromatic rings. The zero-order valence-electron chi connectivity index (χ0n) is 6.10. The van der Waals surface area contributed by atoms with Crippen LogP contribution in [0, 0.1) is 0 Å². The standard InChI is InChI=1S/C6H13NO2/c1-4-9-6(3)7-5(2)8/h6H,4H2,1-3H3,(H,7,8). The first-order valence-electron chi connectivity index (χ1n) is 3.05. The zero-order valence-corrected chi connectivity index (χ0v) is 6.10. The number of ether oxygens (including phenoxy) is 1. The second-order valence-electron chi connectivity index (χ2n) is 1.80. The summed E-state index contributed by atoms with van der Waals surface area (Å²) < 4.78 is 5.02. The largest absolute Gasteiger partial charge is 0.359 e. The molecule has 0 radical (unpaired) electrons. The third-order valence-electron chi connectivity index (χ3n) is 0.823. The van der Waals surface area contributed by atoms with Crippen molar-refractivity contribution in [1.82, 2.24) is 5.32 Å². The summed E-state index contributed by atoms with van der Waals surface area (Å²) in [6.45, 7) is 5.78. The number of hydrogen-bond donors (Lipinski definition) is 1. The first kappa shape index (κ1) is 8.43. The molecule has 0 spiro atoms. The molecule has 1 N–H and O–H groups in total. The van der Waals surface area contributed by atoms with E-state index in [2.05, 4.69) is 5.32 Å². The number of amides is 1. The van der Waals surface area contributed by atoms with E-state index in [0.29, 0.717) is 6.61 Å². The quantitative estimate of drug-likeness (QED) is 0.566. The van der Waals surface area contributed by atoms with Crippen LogP contribution in [0.3, 0.4) is 0 Å². The van der Waals surface area contributed by atoms with Gasteiger partial charge in [-0.2, -0.15) is 0 Å². The van der Waals surface area contributed by atoms with E-state index >= 15 is 0 Å². The molecule has 0 aromatic carbocycles. The van der Waals surface area contributed by atoms with E-state index in [1.807, 2.05) is 6.92 Å². The molecule has 0 saturated carbocycles. The minimum Gasteiger partial charge on any atom is -0.359 e. The summed E-state index contributed by atoms with van der Waals surface area (Å²) in [4.78, 5) is 10.3. The summed E-state index contributed by atoms with van der Waals surface area (Å²) in [5.41, 5.74) is 0. The Bertz CT molecular complexity index is 93.1. The Morgan fingerprint density at radius 1 is 1.78 bits per heavy atom. The maximum absolute atomic E-state index is 10.3. The Morgan fingerprint density at radius 3 is 2.67 bits per heavy atom. The Hall–Kier alpha value is -0.570. The van der Waals surface area contributed by atoms with Gasteiger partial charge in [0.05, 0.1) is 0 Å². The highest BCUT2D eigenvalue weighted by atomic mass is 16.5. The fourth-order valence-corrected chi connectivity index (χ4v) is 0.578. The summed E-state index contributed by atoms with van der Waals surface area (Å²) in [6.07, 6.45) is -0.160. The third kappa shape index (κ3) is 5.30. The molecular formula is C6H13NO2. The van der Waals surface area contributed by atoms with Crippen molar-refractivity contribution in [3.63, 3.8) is 0 Å². The van der Waals surface area contributed by atoms with Crippen molar-refractivity contribution < 1.29 is 9.53 Å². The van der Waals surface area contributed by atoms with Crippen LogP contribution in [-0.2, 0) is 9.53 Å². The average molecular weight is 131 g/mol. The van der Waals surface area contributed by atoms with Crippen molar-refractivity contribution in [3.05, 3.63) is 0 Å². The van der Waals surface area contributed by atoms with Gasteiger partial charge in [0.25, 0.3) is 0 Å². The SMILES string of the molecule is CCOC(C)NC(C)=O. The van der Waals surface area contributed by atoms with Gasteiger partial charge in [0.1, 0.15) is 6.23 Å². The van der Waals surface area contributed by atoms with Crippen LogP contribution in [-0.4, -0.2) is 18.7 Å². The summed E-state index contributed by atoms with van der Waals surface area (Å²) in [7, 11) is 0. The van der Waals surface area contributed by atoms with E-state index in [9.17, 15) is 4.79 Å². The molecule has 0 heterocycles. The lowest BCUT2D eigenvalue weighted by molar-refractivity contribution is -0.122. The molecule has 0 aliphatic heterocycles. The lowest BCUT2D eigenvalue weighted by atomic mass is 10.6. The predicted molar refractivity (Wildman–Crippen MR) is 34.9 cm³/mol. The van der Waals surface area contributed by atoms with Crippen LogP contribution in [0.15, 0.2) is 0 Å². The minimum absolute atomic E-state index is 0.0593. The molecule has 0 rings (SSSR count). The summed E-state index contributed by atoms with van der Waals surface area (Å²) in [5.74, 6) is -0.0593. The summed E-state index contributed by atoms with van der Waals surface area (Å²) >= 11 is 0. The Labute approximate surface area is 55.4 Å². The third-order valence-corrected chi connectivity index (χ3v) is 0.823. The van der Waals surface area contributed by atoms with Crippen LogP contribution < -0.4 is 5.32 Å². The van der Waals surface area contributed by atoms with Crippen LogP contribution in [0.5, 0.6) is 0 Å². The van der Waals surface area contributed by atoms with Gasteiger partial charge in [0.2, 0.25) is 5.91 Å². The molecule has 0 bridgehead atoms. The maximum Gasteiger partial charge on any atom is 0.218 e. The van der Waals surface area contributed by atoms with E-state index in [4.69, 9.17) is 4.74 Å². The van der Waals surface area contributed by atoms with Crippen molar-refractivity contribution in [2.24, 2.45) is 0 Å². The summed E-state index contributed by atoms with van der Waals surface area (Å²) in [5, 5.41) is 2.58. The number of carbonyl (C=O) groups is 1. The Morgan fingerprint density at radius 2 is 2.33 bits per heavy atom. The fraction of sp³-hybridized carbons (Fsp3) is 0.833. The van der Waals surface area contributed by atoms with E-state index in [0.717, 1.165) is 0 Å². The number of nitrogens with one attached hydrogen (secondary N) is 1. The van der Waals surface area contributed by atoms with Crippen molar-refractivity contribution in [3.8, 4) is 0 Å². The zero-order chi connectivity index (χ0) is 7.28. The number of carbonyl (C=O) groups excluding carboxylic acids is 1. The van der Waals surface area contributed by atoms with Gasteiger partial charge in [-0.25, -0.2) is 0 Å². The molecule has 0 saturated heterocycles. The van der Waals surface area contributed by atoms with Crippen molar-refractivity contribution in [2.75, 3.05) is 6.61 Å². The van der Waals surface area contributed by atoms with Gasteiger partial charge < -0.3 is 10.1 Å². The molecule has 1 atom stereocenters. The second-order valence-corrected chi connectivity index (χ2v) is 1.80.